The summed E-state index contributed by atoms with van der Waals surface area (Å²) in [6.07, 6.45) is 3.57. The highest BCUT2D eigenvalue weighted by Gasteiger charge is 2.13. The van der Waals surface area contributed by atoms with Crippen LogP contribution in [0, 0.1) is 0 Å². The maximum atomic E-state index is 11.0. The zero-order chi connectivity index (χ0) is 10.4. The van der Waals surface area contributed by atoms with Gasteiger partial charge in [0.2, 0.25) is 0 Å². The molecule has 0 heterocycles. The number of ketones is 1. The maximum Gasteiger partial charge on any atom is 0.137 e. The lowest BCUT2D eigenvalue weighted by molar-refractivity contribution is -0.118. The minimum absolute atomic E-state index is 0.378. The van der Waals surface area contributed by atoms with Crippen molar-refractivity contribution in [3.63, 3.8) is 0 Å². The molecule has 0 aromatic heterocycles. The number of rotatable bonds is 0. The molecular formula is C13H18O. The van der Waals surface area contributed by atoms with Crippen molar-refractivity contribution in [3.8, 4) is 0 Å². The first-order valence-electron chi connectivity index (χ1n) is 5.36. The van der Waals surface area contributed by atoms with Crippen molar-refractivity contribution in [2.75, 3.05) is 0 Å². The van der Waals surface area contributed by atoms with Crippen LogP contribution in [0.2, 0.25) is 0 Å². The Bertz CT molecular complexity index is 302. The molecule has 1 aliphatic carbocycles. The van der Waals surface area contributed by atoms with E-state index >= 15 is 0 Å². The van der Waals surface area contributed by atoms with Crippen molar-refractivity contribution < 1.29 is 4.79 Å². The van der Waals surface area contributed by atoms with Crippen LogP contribution in [0.15, 0.2) is 24.3 Å². The van der Waals surface area contributed by atoms with Crippen LogP contribution in [-0.2, 0) is 17.6 Å². The lowest BCUT2D eigenvalue weighted by Crippen LogP contribution is -2.12. The summed E-state index contributed by atoms with van der Waals surface area (Å²) in [5.41, 5.74) is 2.58. The highest BCUT2D eigenvalue weighted by atomic mass is 16.1. The molecule has 0 atom stereocenters. The van der Waals surface area contributed by atoms with Crippen LogP contribution in [0.1, 0.15) is 37.8 Å². The third-order valence-corrected chi connectivity index (χ3v) is 2.18. The molecule has 1 heteroatoms. The molecule has 1 aromatic carbocycles. The molecule has 0 amide bonds. The topological polar surface area (TPSA) is 17.1 Å². The molecule has 1 aromatic rings. The minimum Gasteiger partial charge on any atom is -0.299 e. The molecule has 0 fully saturated rings. The van der Waals surface area contributed by atoms with Gasteiger partial charge in [-0.1, -0.05) is 44.5 Å². The van der Waals surface area contributed by atoms with E-state index < -0.39 is 0 Å². The summed E-state index contributed by atoms with van der Waals surface area (Å²) in [4.78, 5) is 11.0. The number of aryl methyl sites for hydroxylation is 1. The van der Waals surface area contributed by atoms with Gasteiger partial charge in [-0.05, 0) is 17.5 Å². The van der Waals surface area contributed by atoms with Gasteiger partial charge >= 0.3 is 0 Å². The van der Waals surface area contributed by atoms with Crippen LogP contribution >= 0.6 is 0 Å². The molecule has 0 bridgehead atoms. The van der Waals surface area contributed by atoms with Crippen LogP contribution in [0.4, 0.5) is 0 Å². The molecule has 1 nitrogen and oxygen atoms in total. The predicted molar refractivity (Wildman–Crippen MR) is 59.4 cm³/mol. The lowest BCUT2D eigenvalue weighted by Gasteiger charge is -2.13. The Balaban J connectivity index is 0.000000293. The van der Waals surface area contributed by atoms with E-state index in [1.165, 1.54) is 17.5 Å². The van der Waals surface area contributed by atoms with Crippen molar-refractivity contribution >= 4 is 5.78 Å². The minimum atomic E-state index is 0.378. The average molecular weight is 190 g/mol. The molecular weight excluding hydrogens is 172 g/mol. The number of carbonyl (C=O) groups is 1. The fraction of sp³-hybridized carbons (Fsp3) is 0.462. The number of hydrogen-bond acceptors (Lipinski definition) is 1. The van der Waals surface area contributed by atoms with E-state index in [0.29, 0.717) is 12.2 Å². The van der Waals surface area contributed by atoms with Gasteiger partial charge in [-0.3, -0.25) is 4.79 Å². The Labute approximate surface area is 86.1 Å². The average Bonchev–Trinajstić information content (AvgIpc) is 2.19. The quantitative estimate of drug-likeness (QED) is 0.614. The van der Waals surface area contributed by atoms with Gasteiger partial charge in [-0.25, -0.2) is 0 Å². The van der Waals surface area contributed by atoms with Crippen LogP contribution < -0.4 is 0 Å². The van der Waals surface area contributed by atoms with Crippen molar-refractivity contribution in [2.45, 2.75) is 39.5 Å². The molecule has 2 rings (SSSR count). The molecule has 0 saturated heterocycles. The first kappa shape index (κ1) is 11.0. The SMILES string of the molecule is CCC.O=C1CCc2ccccc2C1. The summed E-state index contributed by atoms with van der Waals surface area (Å²) in [5.74, 6) is 0.378. The van der Waals surface area contributed by atoms with E-state index in [1.807, 2.05) is 18.2 Å². The first-order chi connectivity index (χ1) is 6.77. The highest BCUT2D eigenvalue weighted by Crippen LogP contribution is 2.17. The van der Waals surface area contributed by atoms with Gasteiger partial charge in [-0.15, -0.1) is 0 Å². The summed E-state index contributed by atoms with van der Waals surface area (Å²) in [6.45, 7) is 4.25. The Kier molecular flexibility index (Phi) is 4.37. The van der Waals surface area contributed by atoms with E-state index in [4.69, 9.17) is 0 Å². The Hall–Kier alpha value is -1.11. The molecule has 0 aliphatic heterocycles. The van der Waals surface area contributed by atoms with E-state index in [1.54, 1.807) is 0 Å². The van der Waals surface area contributed by atoms with Crippen LogP contribution in [-0.4, -0.2) is 5.78 Å². The maximum absolute atomic E-state index is 11.0. The van der Waals surface area contributed by atoms with Gasteiger partial charge in [0.15, 0.2) is 0 Å². The van der Waals surface area contributed by atoms with Gasteiger partial charge in [0.25, 0.3) is 0 Å². The predicted octanol–water partition coefficient (Wildman–Crippen LogP) is 3.16. The lowest BCUT2D eigenvalue weighted by atomic mass is 9.91. The Morgan fingerprint density at radius 1 is 1.07 bits per heavy atom. The van der Waals surface area contributed by atoms with E-state index in [0.717, 1.165) is 12.8 Å². The fourth-order valence-corrected chi connectivity index (χ4v) is 1.55. The molecule has 0 spiro atoms. The second kappa shape index (κ2) is 5.58. The number of benzene rings is 1. The van der Waals surface area contributed by atoms with Gasteiger partial charge < -0.3 is 0 Å². The largest absolute Gasteiger partial charge is 0.299 e. The van der Waals surface area contributed by atoms with Crippen LogP contribution in [0.25, 0.3) is 0 Å². The third-order valence-electron chi connectivity index (χ3n) is 2.18. The molecule has 76 valence electrons. The normalized spacial score (nSPS) is 14.0. The number of carbonyl (C=O) groups excluding carboxylic acids is 1. The molecule has 1 aliphatic rings. The van der Waals surface area contributed by atoms with Gasteiger partial charge in [0.1, 0.15) is 5.78 Å². The zero-order valence-electron chi connectivity index (χ0n) is 9.05. The van der Waals surface area contributed by atoms with Crippen LogP contribution in [0.3, 0.4) is 0 Å². The van der Waals surface area contributed by atoms with Gasteiger partial charge in [-0.2, -0.15) is 0 Å². The summed E-state index contributed by atoms with van der Waals surface area (Å²) >= 11 is 0. The van der Waals surface area contributed by atoms with Gasteiger partial charge in [0.05, 0.1) is 0 Å². The number of fused-ring (bicyclic) bond motifs is 1. The molecule has 0 unspecified atom stereocenters. The second-order valence-electron chi connectivity index (χ2n) is 3.69. The summed E-state index contributed by atoms with van der Waals surface area (Å²) in [5, 5.41) is 0. The molecule has 0 saturated carbocycles. The summed E-state index contributed by atoms with van der Waals surface area (Å²) < 4.78 is 0. The Morgan fingerprint density at radius 3 is 2.29 bits per heavy atom. The van der Waals surface area contributed by atoms with Crippen molar-refractivity contribution in [2.24, 2.45) is 0 Å². The van der Waals surface area contributed by atoms with Crippen molar-refractivity contribution in [1.82, 2.24) is 0 Å². The smallest absolute Gasteiger partial charge is 0.137 e. The standard InChI is InChI=1S/C10H10O.C3H8/c11-10-6-5-8-3-1-2-4-9(8)7-10;1-3-2/h1-4H,5-7H2;3H2,1-2H3. The Morgan fingerprint density at radius 2 is 1.64 bits per heavy atom. The number of Topliss-reactive ketones (excluding diaryl/α,β-unsaturated/α-hetero) is 1. The van der Waals surface area contributed by atoms with E-state index in [2.05, 4.69) is 19.9 Å². The summed E-state index contributed by atoms with van der Waals surface area (Å²) in [6, 6.07) is 8.19. The number of hydrogen-bond donors (Lipinski definition) is 0. The van der Waals surface area contributed by atoms with Gasteiger partial charge in [0, 0.05) is 12.8 Å². The van der Waals surface area contributed by atoms with Crippen molar-refractivity contribution in [3.05, 3.63) is 35.4 Å². The fourth-order valence-electron chi connectivity index (χ4n) is 1.55. The third kappa shape index (κ3) is 2.99. The van der Waals surface area contributed by atoms with Crippen LogP contribution in [0.5, 0.6) is 0 Å². The highest BCUT2D eigenvalue weighted by molar-refractivity contribution is 5.83. The van der Waals surface area contributed by atoms with Crippen molar-refractivity contribution in [1.29, 1.82) is 0 Å². The second-order valence-corrected chi connectivity index (χ2v) is 3.69. The molecule has 0 radical (unpaired) electrons. The molecule has 14 heavy (non-hydrogen) atoms. The van der Waals surface area contributed by atoms with E-state index in [-0.39, 0.29) is 0 Å². The summed E-state index contributed by atoms with van der Waals surface area (Å²) in [7, 11) is 0. The first-order valence-corrected chi connectivity index (χ1v) is 5.36. The molecule has 0 N–H and O–H groups in total. The monoisotopic (exact) mass is 190 g/mol. The van der Waals surface area contributed by atoms with E-state index in [9.17, 15) is 4.79 Å². The zero-order valence-corrected chi connectivity index (χ0v) is 9.05.